The zero-order valence-corrected chi connectivity index (χ0v) is 9.03. The molecule has 5 heteroatoms. The van der Waals surface area contributed by atoms with Crippen LogP contribution in [0.25, 0.3) is 0 Å². The number of thiocarbonyl (C=S) groups is 1. The highest BCUT2D eigenvalue weighted by Crippen LogP contribution is 2.06. The van der Waals surface area contributed by atoms with Crippen molar-refractivity contribution in [1.82, 2.24) is 5.32 Å². The lowest BCUT2D eigenvalue weighted by Gasteiger charge is -2.21. The summed E-state index contributed by atoms with van der Waals surface area (Å²) in [6.07, 6.45) is 0.515. The van der Waals surface area contributed by atoms with Gasteiger partial charge in [0.25, 0.3) is 5.91 Å². The van der Waals surface area contributed by atoms with E-state index in [1.54, 1.807) is 13.8 Å². The Morgan fingerprint density at radius 3 is 2.54 bits per heavy atom. The second-order valence-electron chi connectivity index (χ2n) is 3.19. The van der Waals surface area contributed by atoms with Crippen LogP contribution in [0.2, 0.25) is 0 Å². The maximum absolute atomic E-state index is 11.4. The number of ether oxygens (including phenoxy) is 1. The number of rotatable bonds is 5. The zero-order valence-electron chi connectivity index (χ0n) is 8.22. The summed E-state index contributed by atoms with van der Waals surface area (Å²) < 4.78 is 4.98. The number of carbonyl (C=O) groups excluding carboxylic acids is 1. The lowest BCUT2D eigenvalue weighted by molar-refractivity contribution is -0.139. The van der Waals surface area contributed by atoms with E-state index in [4.69, 9.17) is 10.5 Å². The number of amides is 1. The molecule has 0 aromatic heterocycles. The molecular weight excluding hydrogens is 188 g/mol. The van der Waals surface area contributed by atoms with Crippen LogP contribution in [0.5, 0.6) is 0 Å². The van der Waals surface area contributed by atoms with Crippen LogP contribution >= 0.6 is 12.2 Å². The van der Waals surface area contributed by atoms with E-state index < -0.39 is 5.60 Å². The summed E-state index contributed by atoms with van der Waals surface area (Å²) in [5.74, 6) is -0.161. The van der Waals surface area contributed by atoms with Crippen molar-refractivity contribution in [2.45, 2.75) is 25.9 Å². The Morgan fingerprint density at radius 2 is 2.15 bits per heavy atom. The van der Waals surface area contributed by atoms with Crippen LogP contribution < -0.4 is 11.1 Å². The van der Waals surface area contributed by atoms with Crippen molar-refractivity contribution in [3.63, 3.8) is 0 Å². The van der Waals surface area contributed by atoms with Gasteiger partial charge < -0.3 is 15.8 Å². The summed E-state index contributed by atoms with van der Waals surface area (Å²) >= 11 is 4.66. The third kappa shape index (κ3) is 4.80. The maximum Gasteiger partial charge on any atom is 0.251 e. The Labute approximate surface area is 83.8 Å². The molecule has 0 unspecified atom stereocenters. The molecule has 0 radical (unpaired) electrons. The lowest BCUT2D eigenvalue weighted by Crippen LogP contribution is -2.44. The second kappa shape index (κ2) is 5.14. The summed E-state index contributed by atoms with van der Waals surface area (Å²) in [6, 6.07) is 0. The monoisotopic (exact) mass is 204 g/mol. The van der Waals surface area contributed by atoms with Gasteiger partial charge >= 0.3 is 0 Å². The molecule has 0 atom stereocenters. The maximum atomic E-state index is 11.4. The Kier molecular flexibility index (Phi) is 4.87. The molecule has 76 valence electrons. The highest BCUT2D eigenvalue weighted by Gasteiger charge is 2.26. The zero-order chi connectivity index (χ0) is 10.5. The molecule has 0 spiro atoms. The van der Waals surface area contributed by atoms with Gasteiger partial charge in [0, 0.05) is 20.1 Å². The van der Waals surface area contributed by atoms with Gasteiger partial charge in [0.15, 0.2) is 0 Å². The smallest absolute Gasteiger partial charge is 0.251 e. The molecule has 4 nitrogen and oxygen atoms in total. The van der Waals surface area contributed by atoms with E-state index in [1.807, 2.05) is 0 Å². The first kappa shape index (κ1) is 12.3. The van der Waals surface area contributed by atoms with Crippen LogP contribution in [-0.4, -0.2) is 30.2 Å². The molecule has 0 aromatic carbocycles. The minimum Gasteiger partial charge on any atom is -0.393 e. The number of carbonyl (C=O) groups is 1. The average Bonchev–Trinajstić information content (AvgIpc) is 2.03. The van der Waals surface area contributed by atoms with Gasteiger partial charge in [0.05, 0.1) is 4.99 Å². The fourth-order valence-corrected chi connectivity index (χ4v) is 0.707. The van der Waals surface area contributed by atoms with Gasteiger partial charge in [0.2, 0.25) is 0 Å². The first-order valence-corrected chi connectivity index (χ1v) is 4.42. The topological polar surface area (TPSA) is 64.3 Å². The van der Waals surface area contributed by atoms with E-state index in [2.05, 4.69) is 17.5 Å². The predicted octanol–water partition coefficient (Wildman–Crippen LogP) is 0.204. The SMILES string of the molecule is COC(C)(C)C(=O)NCCC(N)=S. The predicted molar refractivity (Wildman–Crippen MR) is 55.5 cm³/mol. The van der Waals surface area contributed by atoms with E-state index >= 15 is 0 Å². The largest absolute Gasteiger partial charge is 0.393 e. The third-order valence-electron chi connectivity index (χ3n) is 1.71. The minimum absolute atomic E-state index is 0.161. The summed E-state index contributed by atoms with van der Waals surface area (Å²) in [7, 11) is 1.49. The fraction of sp³-hybridized carbons (Fsp3) is 0.750. The van der Waals surface area contributed by atoms with Gasteiger partial charge in [-0.15, -0.1) is 0 Å². The van der Waals surface area contributed by atoms with Crippen molar-refractivity contribution in [1.29, 1.82) is 0 Å². The van der Waals surface area contributed by atoms with Crippen LogP contribution in [0.15, 0.2) is 0 Å². The van der Waals surface area contributed by atoms with Gasteiger partial charge in [-0.3, -0.25) is 4.79 Å². The Balaban J connectivity index is 3.81. The van der Waals surface area contributed by atoms with Crippen LogP contribution in [0.1, 0.15) is 20.3 Å². The number of methoxy groups -OCH3 is 1. The average molecular weight is 204 g/mol. The highest BCUT2D eigenvalue weighted by molar-refractivity contribution is 7.80. The van der Waals surface area contributed by atoms with Gasteiger partial charge in [0.1, 0.15) is 5.60 Å². The standard InChI is InChI=1S/C8H16N2O2S/c1-8(2,12-3)7(11)10-5-4-6(9)13/h4-5H2,1-3H3,(H2,9,13)(H,10,11). The van der Waals surface area contributed by atoms with Crippen molar-refractivity contribution >= 4 is 23.1 Å². The lowest BCUT2D eigenvalue weighted by atomic mass is 10.1. The molecule has 3 N–H and O–H groups in total. The van der Waals surface area contributed by atoms with Crippen molar-refractivity contribution in [2.75, 3.05) is 13.7 Å². The number of nitrogens with one attached hydrogen (secondary N) is 1. The molecule has 0 heterocycles. The molecule has 0 rings (SSSR count). The number of hydrogen-bond donors (Lipinski definition) is 2. The second-order valence-corrected chi connectivity index (χ2v) is 3.71. The summed E-state index contributed by atoms with van der Waals surface area (Å²) in [6.45, 7) is 3.85. The van der Waals surface area contributed by atoms with E-state index in [1.165, 1.54) is 7.11 Å². The quantitative estimate of drug-likeness (QED) is 0.628. The molecule has 1 amide bonds. The molecule has 0 fully saturated rings. The summed E-state index contributed by atoms with van der Waals surface area (Å²) in [5.41, 5.74) is 4.47. The van der Waals surface area contributed by atoms with Crippen LogP contribution in [-0.2, 0) is 9.53 Å². The van der Waals surface area contributed by atoms with Gasteiger partial charge in [-0.1, -0.05) is 12.2 Å². The molecule has 0 aliphatic carbocycles. The first-order valence-electron chi connectivity index (χ1n) is 4.02. The fourth-order valence-electron chi connectivity index (χ4n) is 0.605. The van der Waals surface area contributed by atoms with Gasteiger partial charge in [-0.05, 0) is 13.8 Å². The minimum atomic E-state index is -0.795. The summed E-state index contributed by atoms with van der Waals surface area (Å²) in [5, 5.41) is 2.67. The Bertz CT molecular complexity index is 204. The third-order valence-corrected chi connectivity index (χ3v) is 1.92. The van der Waals surface area contributed by atoms with Crippen molar-refractivity contribution in [3.05, 3.63) is 0 Å². The van der Waals surface area contributed by atoms with Crippen LogP contribution in [0, 0.1) is 0 Å². The van der Waals surface area contributed by atoms with E-state index in [0.29, 0.717) is 18.0 Å². The Morgan fingerprint density at radius 1 is 1.62 bits per heavy atom. The van der Waals surface area contributed by atoms with Crippen molar-refractivity contribution in [2.24, 2.45) is 5.73 Å². The number of nitrogens with two attached hydrogens (primary N) is 1. The summed E-state index contributed by atoms with van der Waals surface area (Å²) in [4.78, 5) is 11.8. The first-order chi connectivity index (χ1) is 5.90. The van der Waals surface area contributed by atoms with E-state index in [0.717, 1.165) is 0 Å². The molecule has 13 heavy (non-hydrogen) atoms. The Hall–Kier alpha value is -0.680. The molecule has 0 aliphatic heterocycles. The molecular formula is C8H16N2O2S. The van der Waals surface area contributed by atoms with Crippen LogP contribution in [0.3, 0.4) is 0 Å². The number of hydrogen-bond acceptors (Lipinski definition) is 3. The molecule has 0 saturated heterocycles. The van der Waals surface area contributed by atoms with Crippen LogP contribution in [0.4, 0.5) is 0 Å². The van der Waals surface area contributed by atoms with Gasteiger partial charge in [-0.2, -0.15) is 0 Å². The highest BCUT2D eigenvalue weighted by atomic mass is 32.1. The normalized spacial score (nSPS) is 11.0. The molecule has 0 aliphatic rings. The molecule has 0 aromatic rings. The molecule has 0 bridgehead atoms. The van der Waals surface area contributed by atoms with E-state index in [-0.39, 0.29) is 5.91 Å². The van der Waals surface area contributed by atoms with Crippen molar-refractivity contribution in [3.8, 4) is 0 Å². The molecule has 0 saturated carbocycles. The van der Waals surface area contributed by atoms with E-state index in [9.17, 15) is 4.79 Å². The van der Waals surface area contributed by atoms with Crippen molar-refractivity contribution < 1.29 is 9.53 Å². The van der Waals surface area contributed by atoms with Gasteiger partial charge in [-0.25, -0.2) is 0 Å².